The van der Waals surface area contributed by atoms with Crippen molar-refractivity contribution in [3.8, 4) is 5.82 Å². The smallest absolute Gasteiger partial charge is 0.153 e. The lowest BCUT2D eigenvalue weighted by atomic mass is 10.1. The van der Waals surface area contributed by atoms with E-state index in [4.69, 9.17) is 0 Å². The first-order valence-corrected chi connectivity index (χ1v) is 9.10. The van der Waals surface area contributed by atoms with Crippen LogP contribution in [-0.4, -0.2) is 38.9 Å². The van der Waals surface area contributed by atoms with E-state index in [-0.39, 0.29) is 6.04 Å². The topological polar surface area (TPSA) is 58.9 Å². The van der Waals surface area contributed by atoms with E-state index in [1.807, 2.05) is 47.4 Å². The molecule has 0 aromatic carbocycles. The lowest BCUT2D eigenvalue weighted by Crippen LogP contribution is -2.34. The van der Waals surface area contributed by atoms with Crippen LogP contribution in [0.15, 0.2) is 55.0 Å². The van der Waals surface area contributed by atoms with Gasteiger partial charge in [-0.1, -0.05) is 12.1 Å². The van der Waals surface area contributed by atoms with Crippen molar-refractivity contribution in [1.82, 2.24) is 25.1 Å². The Hall–Kier alpha value is -2.73. The van der Waals surface area contributed by atoms with Crippen LogP contribution in [-0.2, 0) is 0 Å². The van der Waals surface area contributed by atoms with Gasteiger partial charge >= 0.3 is 0 Å². The van der Waals surface area contributed by atoms with Crippen LogP contribution in [0, 0.1) is 6.92 Å². The van der Waals surface area contributed by atoms with Crippen LogP contribution in [0.3, 0.4) is 0 Å². The van der Waals surface area contributed by atoms with Crippen molar-refractivity contribution >= 4 is 5.82 Å². The summed E-state index contributed by atoms with van der Waals surface area (Å²) in [5, 5.41) is 8.30. The maximum Gasteiger partial charge on any atom is 0.153 e. The second-order valence-corrected chi connectivity index (χ2v) is 6.79. The molecule has 0 bridgehead atoms. The predicted molar refractivity (Wildman–Crippen MR) is 103 cm³/mol. The zero-order valence-electron chi connectivity index (χ0n) is 15.2. The second-order valence-electron chi connectivity index (χ2n) is 6.79. The Morgan fingerprint density at radius 1 is 1.08 bits per heavy atom. The Bertz CT molecular complexity index is 845. The van der Waals surface area contributed by atoms with Crippen molar-refractivity contribution in [3.63, 3.8) is 0 Å². The Morgan fingerprint density at radius 3 is 2.50 bits per heavy atom. The average Bonchev–Trinajstić information content (AvgIpc) is 3.30. The highest BCUT2D eigenvalue weighted by Gasteiger charge is 2.25. The van der Waals surface area contributed by atoms with Gasteiger partial charge in [0.25, 0.3) is 0 Å². The molecule has 3 aromatic rings. The molecule has 1 fully saturated rings. The first-order valence-electron chi connectivity index (χ1n) is 9.10. The summed E-state index contributed by atoms with van der Waals surface area (Å²) < 4.78 is 1.91. The maximum atomic E-state index is 4.54. The van der Waals surface area contributed by atoms with Gasteiger partial charge in [-0.3, -0.25) is 0 Å². The van der Waals surface area contributed by atoms with Gasteiger partial charge < -0.3 is 10.2 Å². The molecule has 0 aliphatic carbocycles. The van der Waals surface area contributed by atoms with Gasteiger partial charge in [0.15, 0.2) is 5.82 Å². The third kappa shape index (κ3) is 3.32. The molecular formula is C20H24N6. The minimum Gasteiger partial charge on any atom is -0.355 e. The van der Waals surface area contributed by atoms with Crippen LogP contribution < -0.4 is 10.2 Å². The third-order valence-corrected chi connectivity index (χ3v) is 5.03. The normalized spacial score (nSPS) is 18.2. The Labute approximate surface area is 153 Å². The van der Waals surface area contributed by atoms with E-state index in [9.17, 15) is 0 Å². The number of hydrogen-bond donors (Lipinski definition) is 1. The molecule has 134 valence electrons. The molecule has 3 aromatic heterocycles. The summed E-state index contributed by atoms with van der Waals surface area (Å²) in [6, 6.07) is 12.6. The summed E-state index contributed by atoms with van der Waals surface area (Å²) >= 11 is 0. The molecule has 1 saturated heterocycles. The molecular weight excluding hydrogens is 324 g/mol. The summed E-state index contributed by atoms with van der Waals surface area (Å²) in [6.45, 7) is 6.32. The van der Waals surface area contributed by atoms with Crippen molar-refractivity contribution in [2.45, 2.75) is 32.4 Å². The van der Waals surface area contributed by atoms with Gasteiger partial charge in [0.1, 0.15) is 5.82 Å². The van der Waals surface area contributed by atoms with Crippen molar-refractivity contribution in [3.05, 3.63) is 66.2 Å². The van der Waals surface area contributed by atoms with Crippen molar-refractivity contribution in [2.75, 3.05) is 18.0 Å². The van der Waals surface area contributed by atoms with Crippen LogP contribution in [0.4, 0.5) is 5.82 Å². The van der Waals surface area contributed by atoms with Crippen molar-refractivity contribution in [2.24, 2.45) is 0 Å². The molecule has 1 aliphatic heterocycles. The molecule has 26 heavy (non-hydrogen) atoms. The van der Waals surface area contributed by atoms with E-state index in [2.05, 4.69) is 45.2 Å². The van der Waals surface area contributed by atoms with Crippen molar-refractivity contribution < 1.29 is 0 Å². The van der Waals surface area contributed by atoms with Crippen LogP contribution in [0.1, 0.15) is 30.6 Å². The number of aromatic nitrogens is 4. The molecule has 1 aliphatic rings. The number of hydrogen-bond acceptors (Lipinski definition) is 5. The molecule has 0 spiro atoms. The first-order chi connectivity index (χ1) is 12.7. The van der Waals surface area contributed by atoms with Crippen LogP contribution >= 0.6 is 0 Å². The van der Waals surface area contributed by atoms with Gasteiger partial charge in [-0.15, -0.1) is 0 Å². The number of nitrogens with zero attached hydrogens (tertiary/aromatic N) is 5. The standard InChI is InChI=1S/C20H24N6/c1-15(18-13-23-26(16(18)2)20-8-4-6-11-22-20)24-17-9-12-25(14-17)19-7-3-5-10-21-19/h3-8,10-11,13,15,17,24H,9,12,14H2,1-2H3/t15-,17+/m1/s1. The Morgan fingerprint density at radius 2 is 1.81 bits per heavy atom. The van der Waals surface area contributed by atoms with Crippen LogP contribution in [0.5, 0.6) is 0 Å². The quantitative estimate of drug-likeness (QED) is 0.768. The van der Waals surface area contributed by atoms with E-state index >= 15 is 0 Å². The first kappa shape index (κ1) is 16.7. The molecule has 0 unspecified atom stereocenters. The lowest BCUT2D eigenvalue weighted by Gasteiger charge is -2.21. The number of nitrogens with one attached hydrogen (secondary N) is 1. The monoisotopic (exact) mass is 348 g/mol. The second kappa shape index (κ2) is 7.25. The largest absolute Gasteiger partial charge is 0.355 e. The van der Waals surface area contributed by atoms with E-state index in [1.54, 1.807) is 6.20 Å². The summed E-state index contributed by atoms with van der Waals surface area (Å²) in [5.74, 6) is 1.91. The number of anilines is 1. The summed E-state index contributed by atoms with van der Waals surface area (Å²) in [6.07, 6.45) is 6.72. The van der Waals surface area contributed by atoms with E-state index in [0.717, 1.165) is 36.8 Å². The molecule has 0 radical (unpaired) electrons. The molecule has 4 heterocycles. The van der Waals surface area contributed by atoms with Gasteiger partial charge in [0, 0.05) is 48.8 Å². The molecule has 1 N–H and O–H groups in total. The highest BCUT2D eigenvalue weighted by atomic mass is 15.3. The van der Waals surface area contributed by atoms with Gasteiger partial charge in [-0.05, 0) is 44.5 Å². The fraction of sp³-hybridized carbons (Fsp3) is 0.350. The number of rotatable bonds is 5. The number of pyridine rings is 2. The van der Waals surface area contributed by atoms with Crippen LogP contribution in [0.25, 0.3) is 5.82 Å². The van der Waals surface area contributed by atoms with E-state index < -0.39 is 0 Å². The van der Waals surface area contributed by atoms with Gasteiger partial charge in [-0.2, -0.15) is 5.10 Å². The van der Waals surface area contributed by atoms with E-state index in [1.165, 1.54) is 5.56 Å². The predicted octanol–water partition coefficient (Wildman–Crippen LogP) is 2.90. The Balaban J connectivity index is 1.43. The molecule has 0 saturated carbocycles. The fourth-order valence-corrected chi connectivity index (χ4v) is 3.65. The average molecular weight is 348 g/mol. The fourth-order valence-electron chi connectivity index (χ4n) is 3.65. The summed E-state index contributed by atoms with van der Waals surface area (Å²) in [5.41, 5.74) is 2.34. The molecule has 0 amide bonds. The molecule has 6 nitrogen and oxygen atoms in total. The minimum absolute atomic E-state index is 0.237. The highest BCUT2D eigenvalue weighted by molar-refractivity contribution is 5.39. The van der Waals surface area contributed by atoms with Gasteiger partial charge in [0.2, 0.25) is 0 Å². The third-order valence-electron chi connectivity index (χ3n) is 5.03. The summed E-state index contributed by atoms with van der Waals surface area (Å²) in [7, 11) is 0. The zero-order chi connectivity index (χ0) is 17.9. The molecule has 6 heteroatoms. The SMILES string of the molecule is Cc1c([C@@H](C)N[C@H]2CCN(c3ccccn3)C2)cnn1-c1ccccn1. The van der Waals surface area contributed by atoms with Gasteiger partial charge in [0.05, 0.1) is 6.20 Å². The Kier molecular flexibility index (Phi) is 4.67. The zero-order valence-corrected chi connectivity index (χ0v) is 15.2. The van der Waals surface area contributed by atoms with Gasteiger partial charge in [-0.25, -0.2) is 14.6 Å². The van der Waals surface area contributed by atoms with Crippen LogP contribution in [0.2, 0.25) is 0 Å². The minimum atomic E-state index is 0.237. The molecule has 2 atom stereocenters. The lowest BCUT2D eigenvalue weighted by molar-refractivity contribution is 0.479. The summed E-state index contributed by atoms with van der Waals surface area (Å²) in [4.78, 5) is 11.2. The highest BCUT2D eigenvalue weighted by Crippen LogP contribution is 2.23. The maximum absolute atomic E-state index is 4.54. The van der Waals surface area contributed by atoms with E-state index in [0.29, 0.717) is 6.04 Å². The van der Waals surface area contributed by atoms with Crippen molar-refractivity contribution in [1.29, 1.82) is 0 Å². The molecule has 4 rings (SSSR count).